The Morgan fingerprint density at radius 1 is 1.21 bits per heavy atom. The molecule has 0 saturated carbocycles. The molecule has 1 aliphatic rings. The average Bonchev–Trinajstić information content (AvgIpc) is 2.63. The van der Waals surface area contributed by atoms with Gasteiger partial charge >= 0.3 is 0 Å². The normalized spacial score (nSPS) is 21.0. The third-order valence-electron chi connectivity index (χ3n) is 4.96. The zero-order valence-electron chi connectivity index (χ0n) is 13.9. The predicted molar refractivity (Wildman–Crippen MR) is 97.4 cm³/mol. The van der Waals surface area contributed by atoms with Gasteiger partial charge in [-0.05, 0) is 37.7 Å². The minimum atomic E-state index is -0.0511. The lowest BCUT2D eigenvalue weighted by Gasteiger charge is -2.42. The van der Waals surface area contributed by atoms with Crippen LogP contribution >= 0.6 is 11.6 Å². The summed E-state index contributed by atoms with van der Waals surface area (Å²) in [5.41, 5.74) is 1.31. The largest absolute Gasteiger partial charge is 0.396 e. The van der Waals surface area contributed by atoms with E-state index < -0.39 is 0 Å². The quantitative estimate of drug-likeness (QED) is 0.810. The minimum Gasteiger partial charge on any atom is -0.396 e. The summed E-state index contributed by atoms with van der Waals surface area (Å²) in [6.07, 6.45) is 6.79. The van der Waals surface area contributed by atoms with E-state index in [9.17, 15) is 5.11 Å². The highest BCUT2D eigenvalue weighted by atomic mass is 35.5. The van der Waals surface area contributed by atoms with Crippen molar-refractivity contribution in [3.8, 4) is 0 Å². The van der Waals surface area contributed by atoms with Crippen LogP contribution in [0.5, 0.6) is 0 Å². The number of hydrogen-bond donors (Lipinski definition) is 1. The molecular weight excluding hydrogens is 322 g/mol. The topological polar surface area (TPSA) is 49.2 Å². The smallest absolute Gasteiger partial charge is 0.134 e. The highest BCUT2D eigenvalue weighted by Crippen LogP contribution is 2.36. The van der Waals surface area contributed by atoms with Crippen molar-refractivity contribution in [1.82, 2.24) is 9.97 Å². The number of nitrogens with zero attached hydrogens (tertiary/aromatic N) is 3. The zero-order valence-corrected chi connectivity index (χ0v) is 14.6. The van der Waals surface area contributed by atoms with E-state index in [-0.39, 0.29) is 12.0 Å². The summed E-state index contributed by atoms with van der Waals surface area (Å²) < 4.78 is 0. The molecule has 5 heteroatoms. The van der Waals surface area contributed by atoms with Gasteiger partial charge in [0.15, 0.2) is 0 Å². The van der Waals surface area contributed by atoms with Gasteiger partial charge in [-0.1, -0.05) is 41.9 Å². The first-order chi connectivity index (χ1) is 11.7. The lowest BCUT2D eigenvalue weighted by molar-refractivity contribution is 0.0939. The second-order valence-electron chi connectivity index (χ2n) is 6.72. The van der Waals surface area contributed by atoms with Crippen LogP contribution in [0.15, 0.2) is 42.7 Å². The number of aryl methyl sites for hydroxylation is 1. The predicted octanol–water partition coefficient (Wildman–Crippen LogP) is 3.73. The SMILES string of the molecule is OCC1(CCCc2ccccc2)CCCN(c2cc(Cl)ncn2)C1. The zero-order chi connectivity index (χ0) is 16.8. The summed E-state index contributed by atoms with van der Waals surface area (Å²) in [5.74, 6) is 0.857. The van der Waals surface area contributed by atoms with Gasteiger partial charge in [0.05, 0.1) is 6.61 Å². The van der Waals surface area contributed by atoms with Gasteiger partial charge in [-0.3, -0.25) is 0 Å². The van der Waals surface area contributed by atoms with E-state index in [1.54, 1.807) is 6.07 Å². The Morgan fingerprint density at radius 2 is 2.04 bits per heavy atom. The van der Waals surface area contributed by atoms with Crippen LogP contribution in [0.4, 0.5) is 5.82 Å². The molecule has 1 N–H and O–H groups in total. The van der Waals surface area contributed by atoms with E-state index in [1.807, 2.05) is 6.07 Å². The minimum absolute atomic E-state index is 0.0511. The second-order valence-corrected chi connectivity index (χ2v) is 7.11. The summed E-state index contributed by atoms with van der Waals surface area (Å²) in [6, 6.07) is 12.4. The Labute approximate surface area is 148 Å². The maximum atomic E-state index is 10.1. The monoisotopic (exact) mass is 345 g/mol. The molecule has 1 aliphatic heterocycles. The van der Waals surface area contributed by atoms with Crippen molar-refractivity contribution in [2.24, 2.45) is 5.41 Å². The Morgan fingerprint density at radius 3 is 2.79 bits per heavy atom. The van der Waals surface area contributed by atoms with Crippen LogP contribution in [0.3, 0.4) is 0 Å². The standard InChI is InChI=1S/C19H24ClN3O/c20-17-12-18(22-15-21-17)23-11-5-10-19(13-23,14-24)9-4-8-16-6-2-1-3-7-16/h1-3,6-7,12,15,24H,4-5,8-11,13-14H2. The Hall–Kier alpha value is -1.65. The molecule has 2 heterocycles. The molecule has 128 valence electrons. The molecule has 4 nitrogen and oxygen atoms in total. The van der Waals surface area contributed by atoms with Gasteiger partial charge in [0.25, 0.3) is 0 Å². The molecule has 1 unspecified atom stereocenters. The van der Waals surface area contributed by atoms with Crippen LogP contribution in [0.2, 0.25) is 5.15 Å². The molecule has 0 radical (unpaired) electrons. The lowest BCUT2D eigenvalue weighted by atomic mass is 9.76. The van der Waals surface area contributed by atoms with Crippen molar-refractivity contribution in [1.29, 1.82) is 0 Å². The average molecular weight is 346 g/mol. The number of aliphatic hydroxyl groups excluding tert-OH is 1. The Bertz CT molecular complexity index is 652. The van der Waals surface area contributed by atoms with E-state index in [4.69, 9.17) is 11.6 Å². The van der Waals surface area contributed by atoms with Crippen LogP contribution in [-0.2, 0) is 6.42 Å². The first kappa shape index (κ1) is 17.2. The van der Waals surface area contributed by atoms with E-state index in [1.165, 1.54) is 11.9 Å². The third-order valence-corrected chi connectivity index (χ3v) is 5.16. The molecule has 0 amide bonds. The Balaban J connectivity index is 1.63. The van der Waals surface area contributed by atoms with Gasteiger partial charge < -0.3 is 10.0 Å². The highest BCUT2D eigenvalue weighted by molar-refractivity contribution is 6.29. The molecule has 1 atom stereocenters. The second kappa shape index (κ2) is 7.95. The first-order valence-electron chi connectivity index (χ1n) is 8.58. The molecule has 0 spiro atoms. The van der Waals surface area contributed by atoms with Crippen molar-refractivity contribution in [3.63, 3.8) is 0 Å². The summed E-state index contributed by atoms with van der Waals surface area (Å²) in [5, 5.41) is 10.5. The summed E-state index contributed by atoms with van der Waals surface area (Å²) >= 11 is 5.99. The van der Waals surface area contributed by atoms with Gasteiger partial charge in [-0.2, -0.15) is 0 Å². The van der Waals surface area contributed by atoms with Crippen LogP contribution in [0, 0.1) is 5.41 Å². The fourth-order valence-corrected chi connectivity index (χ4v) is 3.77. The molecule has 1 aromatic carbocycles. The first-order valence-corrected chi connectivity index (χ1v) is 8.96. The van der Waals surface area contributed by atoms with Crippen molar-refractivity contribution < 1.29 is 5.11 Å². The van der Waals surface area contributed by atoms with Crippen LogP contribution in [0.25, 0.3) is 0 Å². The molecule has 3 rings (SSSR count). The maximum Gasteiger partial charge on any atom is 0.134 e. The number of aliphatic hydroxyl groups is 1. The number of anilines is 1. The number of rotatable bonds is 6. The van der Waals surface area contributed by atoms with Crippen molar-refractivity contribution >= 4 is 17.4 Å². The van der Waals surface area contributed by atoms with E-state index in [2.05, 4.69) is 39.1 Å². The fourth-order valence-electron chi connectivity index (χ4n) is 3.62. The molecule has 0 bridgehead atoms. The van der Waals surface area contributed by atoms with Gasteiger partial charge in [0.2, 0.25) is 0 Å². The number of piperidine rings is 1. The maximum absolute atomic E-state index is 10.1. The molecule has 1 aromatic heterocycles. The Kier molecular flexibility index (Phi) is 5.69. The summed E-state index contributed by atoms with van der Waals surface area (Å²) in [7, 11) is 0. The van der Waals surface area contributed by atoms with Crippen LogP contribution in [0.1, 0.15) is 31.2 Å². The van der Waals surface area contributed by atoms with Gasteiger partial charge in [-0.25, -0.2) is 9.97 Å². The number of aromatic nitrogens is 2. The lowest BCUT2D eigenvalue weighted by Crippen LogP contribution is -2.46. The van der Waals surface area contributed by atoms with E-state index in [0.717, 1.165) is 51.0 Å². The number of halogens is 1. The van der Waals surface area contributed by atoms with Gasteiger partial charge in [0.1, 0.15) is 17.3 Å². The van der Waals surface area contributed by atoms with Crippen molar-refractivity contribution in [2.75, 3.05) is 24.6 Å². The fraction of sp³-hybridized carbons (Fsp3) is 0.474. The third kappa shape index (κ3) is 4.25. The molecule has 2 aromatic rings. The highest BCUT2D eigenvalue weighted by Gasteiger charge is 2.35. The van der Waals surface area contributed by atoms with Crippen LogP contribution in [-0.4, -0.2) is 34.8 Å². The van der Waals surface area contributed by atoms with E-state index in [0.29, 0.717) is 5.15 Å². The van der Waals surface area contributed by atoms with Gasteiger partial charge in [-0.15, -0.1) is 0 Å². The van der Waals surface area contributed by atoms with E-state index >= 15 is 0 Å². The van der Waals surface area contributed by atoms with Gasteiger partial charge in [0, 0.05) is 24.6 Å². The molecular formula is C19H24ClN3O. The van der Waals surface area contributed by atoms with Crippen molar-refractivity contribution in [2.45, 2.75) is 32.1 Å². The molecule has 24 heavy (non-hydrogen) atoms. The van der Waals surface area contributed by atoms with Crippen LogP contribution < -0.4 is 4.90 Å². The molecule has 1 saturated heterocycles. The number of hydrogen-bond acceptors (Lipinski definition) is 4. The molecule has 0 aliphatic carbocycles. The summed E-state index contributed by atoms with van der Waals surface area (Å²) in [4.78, 5) is 10.5. The number of benzene rings is 1. The summed E-state index contributed by atoms with van der Waals surface area (Å²) in [6.45, 7) is 2.00. The molecule has 1 fully saturated rings. The van der Waals surface area contributed by atoms with Crippen molar-refractivity contribution in [3.05, 3.63) is 53.4 Å².